The van der Waals surface area contributed by atoms with E-state index in [2.05, 4.69) is 0 Å². The monoisotopic (exact) mass is 406 g/mol. The Hall–Kier alpha value is -2.75. The van der Waals surface area contributed by atoms with Crippen LogP contribution in [0, 0.1) is 0 Å². The van der Waals surface area contributed by atoms with Crippen molar-refractivity contribution in [2.24, 2.45) is 0 Å². The molecule has 2 aromatic carbocycles. The average Bonchev–Trinajstić information content (AvgIpc) is 2.63. The van der Waals surface area contributed by atoms with E-state index in [-0.39, 0.29) is 16.9 Å². The van der Waals surface area contributed by atoms with Gasteiger partial charge in [-0.1, -0.05) is 36.4 Å². The third-order valence-corrected chi connectivity index (χ3v) is 3.92. The van der Waals surface area contributed by atoms with Crippen LogP contribution in [0.5, 0.6) is 5.75 Å². The maximum absolute atomic E-state index is 13.6. The highest BCUT2D eigenvalue weighted by Crippen LogP contribution is 2.42. The molecule has 2 aromatic rings. The Balaban J connectivity index is 2.42. The molecule has 0 saturated heterocycles. The van der Waals surface area contributed by atoms with Crippen molar-refractivity contribution >= 4 is 5.91 Å². The summed E-state index contributed by atoms with van der Waals surface area (Å²) in [6.45, 7) is -0.863. The molecule has 0 aliphatic rings. The molecule has 0 fully saturated rings. The summed E-state index contributed by atoms with van der Waals surface area (Å²) >= 11 is 0. The van der Waals surface area contributed by atoms with Crippen molar-refractivity contribution in [3.63, 3.8) is 0 Å². The van der Waals surface area contributed by atoms with E-state index in [0.29, 0.717) is 0 Å². The van der Waals surface area contributed by atoms with Crippen LogP contribution < -0.4 is 15.4 Å². The van der Waals surface area contributed by atoms with Crippen LogP contribution in [0.3, 0.4) is 0 Å². The third-order valence-electron chi connectivity index (χ3n) is 3.92. The highest BCUT2D eigenvalue weighted by molar-refractivity contribution is 5.94. The molecule has 2 rings (SSSR count). The van der Waals surface area contributed by atoms with Gasteiger partial charge in [0.2, 0.25) is 0 Å². The maximum atomic E-state index is 13.6. The number of halogens is 6. The summed E-state index contributed by atoms with van der Waals surface area (Å²) in [4.78, 5) is 12.1. The van der Waals surface area contributed by atoms with Crippen molar-refractivity contribution in [2.45, 2.75) is 24.6 Å². The quantitative estimate of drug-likeness (QED) is 0.563. The standard InChI is InChI=1S/C18H16F6N2O2/c1-28-14-10-6-5-9-13(14)11-25-16(17(19,20)21,18(22,23)24)26-15(27)12-7-3-2-4-8-12/h2-10,25H,11H2,1H3,(H,26,27). The van der Waals surface area contributed by atoms with Crippen LogP contribution >= 0.6 is 0 Å². The number of carbonyl (C=O) groups excluding carboxylic acids is 1. The summed E-state index contributed by atoms with van der Waals surface area (Å²) in [5.74, 6) is -1.43. The van der Waals surface area contributed by atoms with E-state index < -0.39 is 30.5 Å². The van der Waals surface area contributed by atoms with E-state index in [9.17, 15) is 31.1 Å². The molecule has 0 aliphatic heterocycles. The Morgan fingerprint density at radius 1 is 0.893 bits per heavy atom. The van der Waals surface area contributed by atoms with Crippen LogP contribution in [-0.2, 0) is 6.54 Å². The summed E-state index contributed by atoms with van der Waals surface area (Å²) in [6.07, 6.45) is -11.8. The van der Waals surface area contributed by atoms with Crippen LogP contribution in [0.2, 0.25) is 0 Å². The van der Waals surface area contributed by atoms with Gasteiger partial charge in [0.05, 0.1) is 7.11 Å². The summed E-state index contributed by atoms with van der Waals surface area (Å²) in [5, 5.41) is 2.54. The molecule has 0 atom stereocenters. The fraction of sp³-hybridized carbons (Fsp3) is 0.278. The molecule has 4 nitrogen and oxygen atoms in total. The molecule has 0 radical (unpaired) electrons. The van der Waals surface area contributed by atoms with Gasteiger partial charge in [0, 0.05) is 17.7 Å². The summed E-state index contributed by atoms with van der Waals surface area (Å²) in [5.41, 5.74) is -4.95. The Bertz CT molecular complexity index is 792. The molecule has 0 aromatic heterocycles. The highest BCUT2D eigenvalue weighted by Gasteiger charge is 2.72. The predicted octanol–water partition coefficient (Wildman–Crippen LogP) is 4.04. The first-order valence-electron chi connectivity index (χ1n) is 7.90. The second-order valence-electron chi connectivity index (χ2n) is 5.73. The molecule has 0 bridgehead atoms. The summed E-state index contributed by atoms with van der Waals surface area (Å²) < 4.78 is 86.6. The van der Waals surface area contributed by atoms with Gasteiger partial charge in [-0.25, -0.2) is 0 Å². The third kappa shape index (κ3) is 4.38. The zero-order valence-electron chi connectivity index (χ0n) is 14.5. The normalized spacial score (nSPS) is 12.5. The van der Waals surface area contributed by atoms with E-state index in [4.69, 9.17) is 4.74 Å². The van der Waals surface area contributed by atoms with Gasteiger partial charge in [0.1, 0.15) is 5.75 Å². The summed E-state index contributed by atoms with van der Waals surface area (Å²) in [6, 6.07) is 12.0. The minimum atomic E-state index is -5.88. The Kier molecular flexibility index (Phi) is 6.23. The number of amides is 1. The number of hydrogen-bond acceptors (Lipinski definition) is 3. The van der Waals surface area contributed by atoms with Crippen molar-refractivity contribution in [2.75, 3.05) is 7.11 Å². The number of para-hydroxylation sites is 1. The first kappa shape index (κ1) is 21.5. The molecule has 0 aliphatic carbocycles. The number of benzene rings is 2. The van der Waals surface area contributed by atoms with Crippen molar-refractivity contribution in [1.82, 2.24) is 10.6 Å². The second kappa shape index (κ2) is 8.09. The number of hydrogen-bond donors (Lipinski definition) is 2. The second-order valence-corrected chi connectivity index (χ2v) is 5.73. The van der Waals surface area contributed by atoms with E-state index in [1.54, 1.807) is 0 Å². The van der Waals surface area contributed by atoms with Gasteiger partial charge in [-0.2, -0.15) is 26.3 Å². The number of rotatable bonds is 6. The number of ether oxygens (including phenoxy) is 1. The Morgan fingerprint density at radius 3 is 1.96 bits per heavy atom. The number of carbonyl (C=O) groups is 1. The number of alkyl halides is 6. The fourth-order valence-electron chi connectivity index (χ4n) is 2.46. The summed E-state index contributed by atoms with van der Waals surface area (Å²) in [7, 11) is 1.23. The first-order valence-corrected chi connectivity index (χ1v) is 7.90. The Labute approximate surface area is 156 Å². The fourth-order valence-corrected chi connectivity index (χ4v) is 2.46. The van der Waals surface area contributed by atoms with Crippen LogP contribution in [0.1, 0.15) is 15.9 Å². The van der Waals surface area contributed by atoms with Crippen molar-refractivity contribution in [1.29, 1.82) is 0 Å². The maximum Gasteiger partial charge on any atom is 0.434 e. The SMILES string of the molecule is COc1ccccc1CNC(NC(=O)c1ccccc1)(C(F)(F)F)C(F)(F)F. The molecule has 28 heavy (non-hydrogen) atoms. The van der Waals surface area contributed by atoms with E-state index in [1.807, 2.05) is 0 Å². The molecule has 152 valence electrons. The molecule has 1 amide bonds. The van der Waals surface area contributed by atoms with Crippen LogP contribution in [0.25, 0.3) is 0 Å². The first-order chi connectivity index (χ1) is 13.0. The lowest BCUT2D eigenvalue weighted by Gasteiger charge is -2.38. The lowest BCUT2D eigenvalue weighted by atomic mass is 10.1. The number of methoxy groups -OCH3 is 1. The van der Waals surface area contributed by atoms with Gasteiger partial charge >= 0.3 is 12.4 Å². The van der Waals surface area contributed by atoms with Gasteiger partial charge in [-0.05, 0) is 18.2 Å². The largest absolute Gasteiger partial charge is 0.496 e. The van der Waals surface area contributed by atoms with Crippen molar-refractivity contribution in [3.05, 3.63) is 65.7 Å². The smallest absolute Gasteiger partial charge is 0.434 e. The van der Waals surface area contributed by atoms with Gasteiger partial charge in [-0.3, -0.25) is 10.1 Å². The average molecular weight is 406 g/mol. The lowest BCUT2D eigenvalue weighted by Crippen LogP contribution is -2.75. The molecule has 0 spiro atoms. The van der Waals surface area contributed by atoms with Gasteiger partial charge in [-0.15, -0.1) is 0 Å². The van der Waals surface area contributed by atoms with E-state index in [1.165, 1.54) is 54.9 Å². The highest BCUT2D eigenvalue weighted by atomic mass is 19.4. The number of nitrogens with one attached hydrogen (secondary N) is 2. The zero-order chi connectivity index (χ0) is 21.0. The molecule has 0 heterocycles. The zero-order valence-corrected chi connectivity index (χ0v) is 14.5. The van der Waals surface area contributed by atoms with Crippen molar-refractivity contribution < 1.29 is 35.9 Å². The predicted molar refractivity (Wildman–Crippen MR) is 88.6 cm³/mol. The van der Waals surface area contributed by atoms with Gasteiger partial charge in [0.15, 0.2) is 0 Å². The van der Waals surface area contributed by atoms with Gasteiger partial charge < -0.3 is 10.1 Å². The van der Waals surface area contributed by atoms with E-state index >= 15 is 0 Å². The Morgan fingerprint density at radius 2 is 1.43 bits per heavy atom. The minimum absolute atomic E-state index is 0.0526. The van der Waals surface area contributed by atoms with Crippen LogP contribution in [0.4, 0.5) is 26.3 Å². The minimum Gasteiger partial charge on any atom is -0.496 e. The molecule has 0 unspecified atom stereocenters. The van der Waals surface area contributed by atoms with E-state index in [0.717, 1.165) is 17.4 Å². The van der Waals surface area contributed by atoms with Crippen LogP contribution in [-0.4, -0.2) is 31.0 Å². The van der Waals surface area contributed by atoms with Crippen LogP contribution in [0.15, 0.2) is 54.6 Å². The molecule has 10 heteroatoms. The van der Waals surface area contributed by atoms with Crippen molar-refractivity contribution in [3.8, 4) is 5.75 Å². The lowest BCUT2D eigenvalue weighted by molar-refractivity contribution is -0.314. The molecule has 0 saturated carbocycles. The van der Waals surface area contributed by atoms with Gasteiger partial charge in [0.25, 0.3) is 11.6 Å². The topological polar surface area (TPSA) is 50.4 Å². The molecular formula is C18H16F6N2O2. The molecular weight excluding hydrogens is 390 g/mol. The molecule has 2 N–H and O–H groups in total.